The molecule has 0 unspecified atom stereocenters. The SMILES string of the molecule is COc1ccc(N=CCC(=O)c2ccc(F)cc2)cc1. The number of halogens is 1. The van der Waals surface area contributed by atoms with Gasteiger partial charge in [0.05, 0.1) is 12.8 Å². The van der Waals surface area contributed by atoms with Crippen LogP contribution in [-0.4, -0.2) is 19.1 Å². The Kier molecular flexibility index (Phi) is 4.60. The second-order valence-corrected chi connectivity index (χ2v) is 4.14. The van der Waals surface area contributed by atoms with Gasteiger partial charge in [-0.25, -0.2) is 4.39 Å². The highest BCUT2D eigenvalue weighted by molar-refractivity contribution is 6.03. The molecule has 0 bridgehead atoms. The Balaban J connectivity index is 1.95. The van der Waals surface area contributed by atoms with E-state index in [4.69, 9.17) is 4.74 Å². The summed E-state index contributed by atoms with van der Waals surface area (Å²) in [7, 11) is 1.60. The molecule has 3 nitrogen and oxygen atoms in total. The standard InChI is InChI=1S/C16H14FNO2/c1-20-15-8-6-14(7-9-15)18-11-10-16(19)12-2-4-13(17)5-3-12/h2-9,11H,10H2,1H3. The summed E-state index contributed by atoms with van der Waals surface area (Å²) in [6.45, 7) is 0. The third-order valence-corrected chi connectivity index (χ3v) is 2.76. The number of aliphatic imine (C=N–C) groups is 1. The molecule has 0 aliphatic rings. The Hall–Kier alpha value is -2.49. The predicted molar refractivity (Wildman–Crippen MR) is 76.5 cm³/mol. The molecule has 0 N–H and O–H groups in total. The fraction of sp³-hybridized carbons (Fsp3) is 0.125. The van der Waals surface area contributed by atoms with E-state index in [0.29, 0.717) is 5.56 Å². The highest BCUT2D eigenvalue weighted by Crippen LogP contribution is 2.17. The van der Waals surface area contributed by atoms with Gasteiger partial charge in [0, 0.05) is 18.2 Å². The van der Waals surface area contributed by atoms with Gasteiger partial charge in [-0.05, 0) is 48.5 Å². The van der Waals surface area contributed by atoms with E-state index in [1.165, 1.54) is 24.3 Å². The monoisotopic (exact) mass is 271 g/mol. The summed E-state index contributed by atoms with van der Waals surface area (Å²) >= 11 is 0. The lowest BCUT2D eigenvalue weighted by Crippen LogP contribution is -1.99. The van der Waals surface area contributed by atoms with Gasteiger partial charge in [0.1, 0.15) is 11.6 Å². The van der Waals surface area contributed by atoms with Gasteiger partial charge < -0.3 is 4.74 Å². The molecule has 0 amide bonds. The normalized spacial score (nSPS) is 10.7. The molecule has 0 aliphatic heterocycles. The van der Waals surface area contributed by atoms with E-state index in [1.807, 2.05) is 0 Å². The van der Waals surface area contributed by atoms with Crippen molar-refractivity contribution in [2.45, 2.75) is 6.42 Å². The molecule has 0 spiro atoms. The predicted octanol–water partition coefficient (Wildman–Crippen LogP) is 3.81. The number of hydrogen-bond donors (Lipinski definition) is 0. The summed E-state index contributed by atoms with van der Waals surface area (Å²) in [5.74, 6) is 0.307. The molecule has 2 aromatic rings. The molecule has 0 radical (unpaired) electrons. The molecular weight excluding hydrogens is 257 g/mol. The number of methoxy groups -OCH3 is 1. The number of carbonyl (C=O) groups excluding carboxylic acids is 1. The van der Waals surface area contributed by atoms with Gasteiger partial charge >= 0.3 is 0 Å². The van der Waals surface area contributed by atoms with Crippen LogP contribution in [0, 0.1) is 5.82 Å². The van der Waals surface area contributed by atoms with Gasteiger partial charge in [-0.15, -0.1) is 0 Å². The number of nitrogens with zero attached hydrogens (tertiary/aromatic N) is 1. The van der Waals surface area contributed by atoms with Crippen LogP contribution in [0.3, 0.4) is 0 Å². The molecule has 0 heterocycles. The number of Topliss-reactive ketones (excluding diaryl/α,β-unsaturated/α-hetero) is 1. The quantitative estimate of drug-likeness (QED) is 0.612. The molecule has 0 aromatic heterocycles. The summed E-state index contributed by atoms with van der Waals surface area (Å²) < 4.78 is 17.8. The molecular formula is C16H14FNO2. The lowest BCUT2D eigenvalue weighted by atomic mass is 10.1. The van der Waals surface area contributed by atoms with Gasteiger partial charge in [0.15, 0.2) is 5.78 Å². The Bertz CT molecular complexity index is 603. The fourth-order valence-corrected chi connectivity index (χ4v) is 1.66. The number of carbonyl (C=O) groups is 1. The summed E-state index contributed by atoms with van der Waals surface area (Å²) in [6.07, 6.45) is 1.73. The third kappa shape index (κ3) is 3.75. The Morgan fingerprint density at radius 3 is 2.40 bits per heavy atom. The van der Waals surface area contributed by atoms with Crippen LogP contribution in [-0.2, 0) is 0 Å². The zero-order valence-electron chi connectivity index (χ0n) is 11.0. The van der Waals surface area contributed by atoms with Crippen molar-refractivity contribution in [1.29, 1.82) is 0 Å². The number of benzene rings is 2. The Morgan fingerprint density at radius 1 is 1.15 bits per heavy atom. The second-order valence-electron chi connectivity index (χ2n) is 4.14. The highest BCUT2D eigenvalue weighted by atomic mass is 19.1. The lowest BCUT2D eigenvalue weighted by Gasteiger charge is -1.99. The summed E-state index contributed by atoms with van der Waals surface area (Å²) in [4.78, 5) is 16.0. The van der Waals surface area contributed by atoms with Crippen LogP contribution in [0.25, 0.3) is 0 Å². The molecule has 0 saturated carbocycles. The number of rotatable bonds is 5. The molecule has 2 aromatic carbocycles. The van der Waals surface area contributed by atoms with Crippen LogP contribution in [0.4, 0.5) is 10.1 Å². The Labute approximate surface area is 116 Å². The van der Waals surface area contributed by atoms with Crippen molar-refractivity contribution in [3.63, 3.8) is 0 Å². The van der Waals surface area contributed by atoms with E-state index in [2.05, 4.69) is 4.99 Å². The van der Waals surface area contributed by atoms with Crippen LogP contribution in [0.15, 0.2) is 53.5 Å². The summed E-state index contributed by atoms with van der Waals surface area (Å²) in [5, 5.41) is 0. The van der Waals surface area contributed by atoms with Crippen LogP contribution in [0.5, 0.6) is 5.75 Å². The summed E-state index contributed by atoms with van der Waals surface area (Å²) in [5.41, 5.74) is 1.23. The second kappa shape index (κ2) is 6.61. The highest BCUT2D eigenvalue weighted by Gasteiger charge is 2.03. The van der Waals surface area contributed by atoms with Crippen molar-refractivity contribution >= 4 is 17.7 Å². The van der Waals surface area contributed by atoms with Crippen molar-refractivity contribution < 1.29 is 13.9 Å². The topological polar surface area (TPSA) is 38.7 Å². The molecule has 0 aliphatic carbocycles. The largest absolute Gasteiger partial charge is 0.497 e. The zero-order valence-corrected chi connectivity index (χ0v) is 11.0. The average molecular weight is 271 g/mol. The van der Waals surface area contributed by atoms with Gasteiger partial charge in [0.25, 0.3) is 0 Å². The lowest BCUT2D eigenvalue weighted by molar-refractivity contribution is 0.100. The smallest absolute Gasteiger partial charge is 0.168 e. The molecule has 20 heavy (non-hydrogen) atoms. The first-order valence-electron chi connectivity index (χ1n) is 6.14. The maximum Gasteiger partial charge on any atom is 0.168 e. The average Bonchev–Trinajstić information content (AvgIpc) is 2.48. The van der Waals surface area contributed by atoms with E-state index in [9.17, 15) is 9.18 Å². The minimum Gasteiger partial charge on any atom is -0.497 e. The maximum absolute atomic E-state index is 12.7. The van der Waals surface area contributed by atoms with Gasteiger partial charge in [-0.1, -0.05) is 0 Å². The first kappa shape index (κ1) is 13.9. The maximum atomic E-state index is 12.7. The minimum atomic E-state index is -0.353. The van der Waals surface area contributed by atoms with Crippen LogP contribution in [0.1, 0.15) is 16.8 Å². The van der Waals surface area contributed by atoms with E-state index in [0.717, 1.165) is 11.4 Å². The van der Waals surface area contributed by atoms with Crippen LogP contribution in [0.2, 0.25) is 0 Å². The molecule has 102 valence electrons. The van der Waals surface area contributed by atoms with Crippen LogP contribution >= 0.6 is 0 Å². The van der Waals surface area contributed by atoms with E-state index in [-0.39, 0.29) is 18.0 Å². The molecule has 0 fully saturated rings. The summed E-state index contributed by atoms with van der Waals surface area (Å²) in [6, 6.07) is 12.7. The number of ketones is 1. The molecule has 0 saturated heterocycles. The van der Waals surface area contributed by atoms with Crippen LogP contribution < -0.4 is 4.74 Å². The van der Waals surface area contributed by atoms with Crippen molar-refractivity contribution in [2.75, 3.05) is 7.11 Å². The van der Waals surface area contributed by atoms with Crippen molar-refractivity contribution in [2.24, 2.45) is 4.99 Å². The first-order valence-corrected chi connectivity index (χ1v) is 6.14. The van der Waals surface area contributed by atoms with Gasteiger partial charge in [0.2, 0.25) is 0 Å². The first-order chi connectivity index (χ1) is 9.69. The van der Waals surface area contributed by atoms with E-state index in [1.54, 1.807) is 37.6 Å². The van der Waals surface area contributed by atoms with Gasteiger partial charge in [-0.3, -0.25) is 9.79 Å². The number of hydrogen-bond acceptors (Lipinski definition) is 3. The Morgan fingerprint density at radius 2 is 1.80 bits per heavy atom. The third-order valence-electron chi connectivity index (χ3n) is 2.76. The van der Waals surface area contributed by atoms with E-state index < -0.39 is 0 Å². The fourth-order valence-electron chi connectivity index (χ4n) is 1.66. The molecule has 2 rings (SSSR count). The van der Waals surface area contributed by atoms with Gasteiger partial charge in [-0.2, -0.15) is 0 Å². The van der Waals surface area contributed by atoms with E-state index >= 15 is 0 Å². The van der Waals surface area contributed by atoms with Crippen molar-refractivity contribution in [1.82, 2.24) is 0 Å². The van der Waals surface area contributed by atoms with Crippen molar-refractivity contribution in [3.05, 3.63) is 59.9 Å². The number of ether oxygens (including phenoxy) is 1. The molecule has 4 heteroatoms. The molecule has 0 atom stereocenters. The van der Waals surface area contributed by atoms with Crippen molar-refractivity contribution in [3.8, 4) is 5.75 Å². The zero-order chi connectivity index (χ0) is 14.4. The minimum absolute atomic E-state index is 0.0951.